The zero-order valence-electron chi connectivity index (χ0n) is 13.8. The molecule has 4 heteroatoms. The number of benzene rings is 2. The number of carboxylic acids is 1. The molecule has 1 aliphatic rings. The first-order valence-corrected chi connectivity index (χ1v) is 8.46. The van der Waals surface area contributed by atoms with E-state index < -0.39 is 11.4 Å². The molecule has 0 saturated carbocycles. The van der Waals surface area contributed by atoms with E-state index in [2.05, 4.69) is 17.0 Å². The minimum Gasteiger partial charge on any atom is -0.481 e. The van der Waals surface area contributed by atoms with Crippen LogP contribution in [0.15, 0.2) is 54.6 Å². The average Bonchev–Trinajstić information content (AvgIpc) is 2.62. The van der Waals surface area contributed by atoms with E-state index >= 15 is 0 Å². The van der Waals surface area contributed by atoms with Gasteiger partial charge in [-0.25, -0.2) is 0 Å². The second kappa shape index (κ2) is 7.05. The highest BCUT2D eigenvalue weighted by Gasteiger charge is 2.42. The van der Waals surface area contributed by atoms with Crippen molar-refractivity contribution in [3.8, 4) is 0 Å². The van der Waals surface area contributed by atoms with Crippen molar-refractivity contribution in [2.75, 3.05) is 25.4 Å². The van der Waals surface area contributed by atoms with Gasteiger partial charge >= 0.3 is 5.97 Å². The average molecular weight is 324 g/mol. The lowest BCUT2D eigenvalue weighted by atomic mass is 9.73. The summed E-state index contributed by atoms with van der Waals surface area (Å²) in [7, 11) is 0. The lowest BCUT2D eigenvalue weighted by molar-refractivity contribution is -0.146. The van der Waals surface area contributed by atoms with Crippen molar-refractivity contribution < 1.29 is 9.90 Å². The van der Waals surface area contributed by atoms with Gasteiger partial charge in [0.25, 0.3) is 0 Å². The fourth-order valence-electron chi connectivity index (χ4n) is 3.51. The number of anilines is 1. The minimum absolute atomic E-state index is 0.661. The van der Waals surface area contributed by atoms with Gasteiger partial charge in [0.2, 0.25) is 0 Å². The maximum Gasteiger partial charge on any atom is 0.314 e. The van der Waals surface area contributed by atoms with Crippen LogP contribution >= 0.6 is 0 Å². The molecule has 1 saturated heterocycles. The van der Waals surface area contributed by atoms with Crippen molar-refractivity contribution in [2.45, 2.75) is 24.7 Å². The summed E-state index contributed by atoms with van der Waals surface area (Å²) in [5.74, 6) is -0.702. The summed E-state index contributed by atoms with van der Waals surface area (Å²) >= 11 is 0. The molecule has 2 aromatic rings. The van der Waals surface area contributed by atoms with Gasteiger partial charge < -0.3 is 15.7 Å². The number of nitrogens with zero attached hydrogens (tertiary/aromatic N) is 1. The number of piperidine rings is 1. The summed E-state index contributed by atoms with van der Waals surface area (Å²) in [4.78, 5) is 14.3. The highest BCUT2D eigenvalue weighted by atomic mass is 16.4. The van der Waals surface area contributed by atoms with Gasteiger partial charge in [0.15, 0.2) is 0 Å². The summed E-state index contributed by atoms with van der Waals surface area (Å²) in [5.41, 5.74) is 7.95. The molecule has 0 aromatic heterocycles. The maximum atomic E-state index is 12.0. The van der Waals surface area contributed by atoms with Gasteiger partial charge in [-0.1, -0.05) is 42.5 Å². The van der Waals surface area contributed by atoms with Gasteiger partial charge in [-0.15, -0.1) is 0 Å². The molecule has 0 radical (unpaired) electrons. The first-order chi connectivity index (χ1) is 11.6. The SMILES string of the molecule is Nc1ccc(CCN2CCC(C(=O)O)(c3ccccc3)CC2)cc1. The van der Waals surface area contributed by atoms with Crippen molar-refractivity contribution in [1.29, 1.82) is 0 Å². The molecule has 1 heterocycles. The molecule has 126 valence electrons. The second-order valence-corrected chi connectivity index (χ2v) is 6.59. The summed E-state index contributed by atoms with van der Waals surface area (Å²) in [5, 5.41) is 9.83. The van der Waals surface area contributed by atoms with Gasteiger partial charge in [-0.05, 0) is 55.6 Å². The van der Waals surface area contributed by atoms with E-state index in [9.17, 15) is 9.90 Å². The lowest BCUT2D eigenvalue weighted by Gasteiger charge is -2.39. The van der Waals surface area contributed by atoms with Crippen LogP contribution in [0.25, 0.3) is 0 Å². The summed E-state index contributed by atoms with van der Waals surface area (Å²) < 4.78 is 0. The van der Waals surface area contributed by atoms with Gasteiger partial charge in [0, 0.05) is 12.2 Å². The lowest BCUT2D eigenvalue weighted by Crippen LogP contribution is -2.47. The van der Waals surface area contributed by atoms with Crippen LogP contribution < -0.4 is 5.73 Å². The Morgan fingerprint density at radius 3 is 2.25 bits per heavy atom. The molecule has 24 heavy (non-hydrogen) atoms. The molecule has 1 fully saturated rings. The van der Waals surface area contributed by atoms with Crippen LogP contribution in [-0.4, -0.2) is 35.6 Å². The van der Waals surface area contributed by atoms with Gasteiger partial charge in [-0.3, -0.25) is 4.79 Å². The van der Waals surface area contributed by atoms with E-state index in [1.54, 1.807) is 0 Å². The van der Waals surface area contributed by atoms with Gasteiger partial charge in [-0.2, -0.15) is 0 Å². The predicted octanol–water partition coefficient (Wildman–Crippen LogP) is 2.93. The zero-order chi connectivity index (χ0) is 17.0. The summed E-state index contributed by atoms with van der Waals surface area (Å²) in [6.45, 7) is 2.58. The van der Waals surface area contributed by atoms with E-state index in [1.165, 1.54) is 5.56 Å². The van der Waals surface area contributed by atoms with Crippen molar-refractivity contribution >= 4 is 11.7 Å². The maximum absolute atomic E-state index is 12.0. The number of aliphatic carboxylic acids is 1. The molecule has 0 amide bonds. The third kappa shape index (κ3) is 3.44. The molecular formula is C20H24N2O2. The van der Waals surface area contributed by atoms with Crippen LogP contribution in [-0.2, 0) is 16.6 Å². The molecule has 0 unspecified atom stereocenters. The number of hydrogen-bond acceptors (Lipinski definition) is 3. The monoisotopic (exact) mass is 324 g/mol. The fraction of sp³-hybridized carbons (Fsp3) is 0.350. The van der Waals surface area contributed by atoms with Crippen LogP contribution in [0.5, 0.6) is 0 Å². The quantitative estimate of drug-likeness (QED) is 0.830. The first-order valence-electron chi connectivity index (χ1n) is 8.46. The van der Waals surface area contributed by atoms with Gasteiger partial charge in [0.05, 0.1) is 5.41 Å². The molecule has 1 aliphatic heterocycles. The second-order valence-electron chi connectivity index (χ2n) is 6.59. The van der Waals surface area contributed by atoms with E-state index in [0.29, 0.717) is 12.8 Å². The largest absolute Gasteiger partial charge is 0.481 e. The Kier molecular flexibility index (Phi) is 4.86. The van der Waals surface area contributed by atoms with E-state index in [4.69, 9.17) is 5.73 Å². The summed E-state index contributed by atoms with van der Waals surface area (Å²) in [6, 6.07) is 17.6. The van der Waals surface area contributed by atoms with Crippen LogP contribution in [0.4, 0.5) is 5.69 Å². The van der Waals surface area contributed by atoms with Crippen molar-refractivity contribution in [3.05, 3.63) is 65.7 Å². The fourth-order valence-corrected chi connectivity index (χ4v) is 3.51. The Labute approximate surface area is 142 Å². The van der Waals surface area contributed by atoms with Crippen LogP contribution in [0.3, 0.4) is 0 Å². The normalized spacial score (nSPS) is 17.5. The highest BCUT2D eigenvalue weighted by Crippen LogP contribution is 2.35. The van der Waals surface area contributed by atoms with E-state index in [-0.39, 0.29) is 0 Å². The number of hydrogen-bond donors (Lipinski definition) is 2. The number of carbonyl (C=O) groups is 1. The number of nitrogen functional groups attached to an aromatic ring is 1. The smallest absolute Gasteiger partial charge is 0.314 e. The number of carboxylic acid groups (broad SMARTS) is 1. The molecule has 3 rings (SSSR count). The Morgan fingerprint density at radius 2 is 1.67 bits per heavy atom. The number of likely N-dealkylation sites (tertiary alicyclic amines) is 1. The first kappa shape index (κ1) is 16.5. The Morgan fingerprint density at radius 1 is 1.04 bits per heavy atom. The van der Waals surface area contributed by atoms with Crippen molar-refractivity contribution in [3.63, 3.8) is 0 Å². The van der Waals surface area contributed by atoms with Crippen molar-refractivity contribution in [1.82, 2.24) is 4.90 Å². The highest BCUT2D eigenvalue weighted by molar-refractivity contribution is 5.81. The Hall–Kier alpha value is -2.33. The molecule has 0 bridgehead atoms. The van der Waals surface area contributed by atoms with Crippen molar-refractivity contribution in [2.24, 2.45) is 0 Å². The minimum atomic E-state index is -0.737. The zero-order valence-corrected chi connectivity index (χ0v) is 13.8. The molecule has 4 nitrogen and oxygen atoms in total. The third-order valence-corrected chi connectivity index (χ3v) is 5.14. The Bertz CT molecular complexity index is 675. The van der Waals surface area contributed by atoms with E-state index in [0.717, 1.165) is 37.3 Å². The molecular weight excluding hydrogens is 300 g/mol. The molecule has 0 atom stereocenters. The topological polar surface area (TPSA) is 66.6 Å². The molecule has 0 aliphatic carbocycles. The van der Waals surface area contributed by atoms with E-state index in [1.807, 2.05) is 42.5 Å². The third-order valence-electron chi connectivity index (χ3n) is 5.14. The van der Waals surface area contributed by atoms with Gasteiger partial charge in [0.1, 0.15) is 0 Å². The predicted molar refractivity (Wildman–Crippen MR) is 96.0 cm³/mol. The van der Waals surface area contributed by atoms with Crippen LogP contribution in [0.1, 0.15) is 24.0 Å². The standard InChI is InChI=1S/C20H24N2O2/c21-18-8-6-16(7-9-18)10-13-22-14-11-20(12-15-22,19(23)24)17-4-2-1-3-5-17/h1-9H,10-15,21H2,(H,23,24). The summed E-state index contributed by atoms with van der Waals surface area (Å²) in [6.07, 6.45) is 2.29. The van der Waals surface area contributed by atoms with Crippen LogP contribution in [0, 0.1) is 0 Å². The molecule has 3 N–H and O–H groups in total. The number of nitrogens with two attached hydrogens (primary N) is 1. The Balaban J connectivity index is 1.61. The van der Waals surface area contributed by atoms with Crippen LogP contribution in [0.2, 0.25) is 0 Å². The molecule has 2 aromatic carbocycles. The number of rotatable bonds is 5. The molecule has 0 spiro atoms.